The van der Waals surface area contributed by atoms with Gasteiger partial charge in [0.25, 0.3) is 0 Å². The van der Waals surface area contributed by atoms with Crippen LogP contribution < -0.4 is 4.18 Å². The molecule has 0 spiro atoms. The molecule has 8 heteroatoms. The van der Waals surface area contributed by atoms with Crippen molar-refractivity contribution < 1.29 is 12.6 Å². The fourth-order valence-corrected chi connectivity index (χ4v) is 4.19. The molecule has 0 saturated carbocycles. The third-order valence-electron chi connectivity index (χ3n) is 4.18. The zero-order valence-corrected chi connectivity index (χ0v) is 15.2. The van der Waals surface area contributed by atoms with Crippen LogP contribution in [0.4, 0.5) is 0 Å². The third kappa shape index (κ3) is 3.25. The Labute approximate surface area is 146 Å². The van der Waals surface area contributed by atoms with Gasteiger partial charge >= 0.3 is 10.1 Å². The first-order valence-corrected chi connectivity index (χ1v) is 9.06. The van der Waals surface area contributed by atoms with Crippen molar-refractivity contribution in [3.63, 3.8) is 0 Å². The summed E-state index contributed by atoms with van der Waals surface area (Å²) in [5.74, 6) is 0.200. The topological polar surface area (TPSA) is 87.0 Å². The fraction of sp³-hybridized carbons (Fsp3) is 0.235. The third-order valence-corrected chi connectivity index (χ3v) is 5.71. The molecule has 0 aliphatic carbocycles. The number of hydrogen-bond donors (Lipinski definition) is 0. The summed E-state index contributed by atoms with van der Waals surface area (Å²) in [5.41, 5.74) is 3.81. The van der Waals surface area contributed by atoms with E-state index in [-0.39, 0.29) is 10.6 Å². The van der Waals surface area contributed by atoms with Gasteiger partial charge in [0.2, 0.25) is 0 Å². The van der Waals surface area contributed by atoms with Crippen molar-refractivity contribution in [1.82, 2.24) is 20.2 Å². The number of hydrogen-bond acceptors (Lipinski definition) is 6. The maximum Gasteiger partial charge on any atom is 0.339 e. The molecule has 0 atom stereocenters. The van der Waals surface area contributed by atoms with Crippen molar-refractivity contribution in [3.8, 4) is 11.4 Å². The van der Waals surface area contributed by atoms with Crippen LogP contribution >= 0.6 is 0 Å². The van der Waals surface area contributed by atoms with Gasteiger partial charge in [-0.25, -0.2) is 4.68 Å². The lowest BCUT2D eigenvalue weighted by Crippen LogP contribution is -2.14. The van der Waals surface area contributed by atoms with E-state index in [2.05, 4.69) is 15.5 Å². The Balaban J connectivity index is 2.03. The van der Waals surface area contributed by atoms with Gasteiger partial charge in [-0.2, -0.15) is 8.42 Å². The van der Waals surface area contributed by atoms with E-state index in [4.69, 9.17) is 4.18 Å². The molecule has 0 saturated heterocycles. The molecule has 0 unspecified atom stereocenters. The lowest BCUT2D eigenvalue weighted by Gasteiger charge is -2.16. The predicted molar refractivity (Wildman–Crippen MR) is 92.4 cm³/mol. The quantitative estimate of drug-likeness (QED) is 0.667. The first-order valence-electron chi connectivity index (χ1n) is 7.65. The molecule has 1 aromatic heterocycles. The Morgan fingerprint density at radius 2 is 1.68 bits per heavy atom. The monoisotopic (exact) mass is 358 g/mol. The fourth-order valence-electron chi connectivity index (χ4n) is 2.68. The van der Waals surface area contributed by atoms with E-state index in [0.29, 0.717) is 16.8 Å². The highest BCUT2D eigenvalue weighted by Crippen LogP contribution is 2.29. The molecule has 0 bridgehead atoms. The van der Waals surface area contributed by atoms with Gasteiger partial charge in [0, 0.05) is 6.07 Å². The van der Waals surface area contributed by atoms with E-state index in [1.165, 1.54) is 11.0 Å². The van der Waals surface area contributed by atoms with Crippen LogP contribution in [-0.4, -0.2) is 28.6 Å². The first-order chi connectivity index (χ1) is 11.8. The minimum Gasteiger partial charge on any atom is -0.379 e. The number of nitrogens with zero attached hydrogens (tertiary/aromatic N) is 4. The summed E-state index contributed by atoms with van der Waals surface area (Å²) in [6.07, 6.45) is 1.42. The van der Waals surface area contributed by atoms with E-state index >= 15 is 0 Å². The highest BCUT2D eigenvalue weighted by atomic mass is 32.2. The van der Waals surface area contributed by atoms with Crippen LogP contribution in [-0.2, 0) is 10.1 Å². The van der Waals surface area contributed by atoms with E-state index in [1.54, 1.807) is 38.1 Å². The Hall–Kier alpha value is -2.74. The van der Waals surface area contributed by atoms with E-state index in [0.717, 1.165) is 11.1 Å². The number of aryl methyl sites for hydroxylation is 2. The SMILES string of the molecule is Cc1cc(C)c(C)c(S(=O)(=O)Oc2cccc(-n3cnnn3)c2)c1C. The smallest absolute Gasteiger partial charge is 0.339 e. The van der Waals surface area contributed by atoms with Crippen molar-refractivity contribution in [1.29, 1.82) is 0 Å². The Morgan fingerprint density at radius 1 is 1.00 bits per heavy atom. The van der Waals surface area contributed by atoms with Crippen LogP contribution in [0.3, 0.4) is 0 Å². The van der Waals surface area contributed by atoms with Gasteiger partial charge < -0.3 is 4.18 Å². The summed E-state index contributed by atoms with van der Waals surface area (Å²) < 4.78 is 32.6. The summed E-state index contributed by atoms with van der Waals surface area (Å²) in [4.78, 5) is 0.220. The van der Waals surface area contributed by atoms with Crippen LogP contribution in [0.5, 0.6) is 5.75 Å². The first kappa shape index (κ1) is 17.1. The zero-order valence-electron chi connectivity index (χ0n) is 14.4. The molecule has 0 radical (unpaired) electrons. The average Bonchev–Trinajstić information content (AvgIpc) is 3.07. The molecule has 3 aromatic rings. The molecule has 3 rings (SSSR count). The molecule has 0 N–H and O–H groups in total. The maximum absolute atomic E-state index is 12.9. The molecule has 130 valence electrons. The lowest BCUT2D eigenvalue weighted by molar-refractivity contribution is 0.484. The minimum absolute atomic E-state index is 0.200. The van der Waals surface area contributed by atoms with Gasteiger partial charge in [-0.1, -0.05) is 12.1 Å². The number of rotatable bonds is 4. The maximum atomic E-state index is 12.9. The highest BCUT2D eigenvalue weighted by molar-refractivity contribution is 7.87. The Kier molecular flexibility index (Phi) is 4.30. The van der Waals surface area contributed by atoms with Crippen LogP contribution in [0.25, 0.3) is 5.69 Å². The minimum atomic E-state index is -3.97. The second kappa shape index (κ2) is 6.29. The molecule has 0 fully saturated rings. The molecule has 7 nitrogen and oxygen atoms in total. The van der Waals surface area contributed by atoms with Crippen molar-refractivity contribution in [3.05, 3.63) is 58.9 Å². The molecule has 1 heterocycles. The van der Waals surface area contributed by atoms with Crippen molar-refractivity contribution in [2.24, 2.45) is 0 Å². The standard InChI is InChI=1S/C17H18N4O3S/c1-11-8-12(2)14(4)17(13(11)3)25(22,23)24-16-7-5-6-15(9-16)21-10-18-19-20-21/h5-10H,1-4H3. The summed E-state index contributed by atoms with van der Waals surface area (Å²) in [7, 11) is -3.97. The van der Waals surface area contributed by atoms with Gasteiger partial charge in [-0.05, 0) is 72.5 Å². The van der Waals surface area contributed by atoms with Crippen molar-refractivity contribution >= 4 is 10.1 Å². The van der Waals surface area contributed by atoms with Crippen molar-refractivity contribution in [2.75, 3.05) is 0 Å². The highest BCUT2D eigenvalue weighted by Gasteiger charge is 2.24. The van der Waals surface area contributed by atoms with Gasteiger partial charge in [-0.3, -0.25) is 0 Å². The zero-order chi connectivity index (χ0) is 18.2. The molecule has 2 aromatic carbocycles. The van der Waals surface area contributed by atoms with E-state index in [9.17, 15) is 8.42 Å². The van der Waals surface area contributed by atoms with Crippen molar-refractivity contribution in [2.45, 2.75) is 32.6 Å². The number of tetrazole rings is 1. The average molecular weight is 358 g/mol. The molecule has 25 heavy (non-hydrogen) atoms. The van der Waals surface area contributed by atoms with Gasteiger partial charge in [0.1, 0.15) is 17.0 Å². The van der Waals surface area contributed by atoms with Crippen LogP contribution in [0, 0.1) is 27.7 Å². The van der Waals surface area contributed by atoms with Gasteiger partial charge in [0.05, 0.1) is 5.69 Å². The normalized spacial score (nSPS) is 11.5. The Morgan fingerprint density at radius 3 is 2.28 bits per heavy atom. The lowest BCUT2D eigenvalue weighted by atomic mass is 10.0. The molecule has 0 amide bonds. The molecule has 0 aliphatic rings. The van der Waals surface area contributed by atoms with E-state index in [1.807, 2.05) is 19.9 Å². The second-order valence-electron chi connectivity index (χ2n) is 5.88. The predicted octanol–water partition coefficient (Wildman–Crippen LogP) is 2.66. The number of aromatic nitrogens is 4. The van der Waals surface area contributed by atoms with E-state index < -0.39 is 10.1 Å². The molecule has 0 aliphatic heterocycles. The largest absolute Gasteiger partial charge is 0.379 e. The van der Waals surface area contributed by atoms with Crippen LogP contribution in [0.1, 0.15) is 22.3 Å². The van der Waals surface area contributed by atoms with Gasteiger partial charge in [0.15, 0.2) is 0 Å². The molecular weight excluding hydrogens is 340 g/mol. The van der Waals surface area contributed by atoms with Gasteiger partial charge in [-0.15, -0.1) is 5.10 Å². The second-order valence-corrected chi connectivity index (χ2v) is 7.36. The summed E-state index contributed by atoms with van der Waals surface area (Å²) in [5, 5.41) is 10.9. The van der Waals surface area contributed by atoms with Crippen LogP contribution in [0.15, 0.2) is 41.6 Å². The molecular formula is C17H18N4O3S. The van der Waals surface area contributed by atoms with Crippen LogP contribution in [0.2, 0.25) is 0 Å². The summed E-state index contributed by atoms with van der Waals surface area (Å²) in [6, 6.07) is 8.56. The Bertz CT molecular complexity index is 1000. The summed E-state index contributed by atoms with van der Waals surface area (Å²) >= 11 is 0. The summed E-state index contributed by atoms with van der Waals surface area (Å²) in [6.45, 7) is 7.35. The number of benzene rings is 2.